The van der Waals surface area contributed by atoms with Gasteiger partial charge in [0, 0.05) is 30.4 Å². The molecule has 0 aromatic carbocycles. The molecule has 102 valence electrons. The average molecular weight is 258 g/mol. The van der Waals surface area contributed by atoms with Crippen molar-refractivity contribution >= 4 is 0 Å². The van der Waals surface area contributed by atoms with Crippen LogP contribution in [0.1, 0.15) is 55.3 Å². The number of fused-ring (bicyclic) bond motifs is 1. The lowest BCUT2D eigenvalue weighted by Gasteiger charge is -2.23. The van der Waals surface area contributed by atoms with Gasteiger partial charge in [-0.25, -0.2) is 0 Å². The smallest absolute Gasteiger partial charge is 0.103 e. The van der Waals surface area contributed by atoms with Crippen LogP contribution in [0, 0.1) is 0 Å². The zero-order chi connectivity index (χ0) is 13.2. The van der Waals surface area contributed by atoms with E-state index < -0.39 is 0 Å². The third kappa shape index (κ3) is 2.47. The van der Waals surface area contributed by atoms with Crippen molar-refractivity contribution in [1.82, 2.24) is 4.57 Å². The molecule has 3 rings (SSSR count). The molecule has 0 amide bonds. The predicted octanol–water partition coefficient (Wildman–Crippen LogP) is 3.61. The summed E-state index contributed by atoms with van der Waals surface area (Å²) in [5, 5.41) is 0. The Kier molecular flexibility index (Phi) is 3.47. The van der Waals surface area contributed by atoms with Gasteiger partial charge in [-0.2, -0.15) is 0 Å². The molecule has 19 heavy (non-hydrogen) atoms. The van der Waals surface area contributed by atoms with Gasteiger partial charge >= 0.3 is 0 Å². The molecule has 3 nitrogen and oxygen atoms in total. The molecule has 0 bridgehead atoms. The van der Waals surface area contributed by atoms with Gasteiger partial charge in [-0.15, -0.1) is 0 Å². The van der Waals surface area contributed by atoms with Gasteiger partial charge in [-0.3, -0.25) is 0 Å². The maximum Gasteiger partial charge on any atom is 0.103 e. The van der Waals surface area contributed by atoms with Gasteiger partial charge < -0.3 is 14.7 Å². The Hall–Kier alpha value is -1.48. The Balaban J connectivity index is 1.71. The SMILES string of the molecule is CC(CCc1ccco1)n1ccc2c1CCCC2N. The number of aryl methyl sites for hydroxylation is 1. The Bertz CT molecular complexity index is 527. The van der Waals surface area contributed by atoms with Crippen LogP contribution >= 0.6 is 0 Å². The fraction of sp³-hybridized carbons (Fsp3) is 0.500. The molecule has 2 unspecified atom stereocenters. The first kappa shape index (κ1) is 12.5. The molecular weight excluding hydrogens is 236 g/mol. The van der Waals surface area contributed by atoms with Gasteiger partial charge in [-0.1, -0.05) is 0 Å². The second-order valence-electron chi connectivity index (χ2n) is 5.59. The minimum Gasteiger partial charge on any atom is -0.469 e. The molecular formula is C16H22N2O. The van der Waals surface area contributed by atoms with Crippen molar-refractivity contribution in [3.8, 4) is 0 Å². The predicted molar refractivity (Wildman–Crippen MR) is 76.0 cm³/mol. The topological polar surface area (TPSA) is 44.1 Å². The minimum absolute atomic E-state index is 0.238. The minimum atomic E-state index is 0.238. The van der Waals surface area contributed by atoms with Gasteiger partial charge in [0.1, 0.15) is 5.76 Å². The monoisotopic (exact) mass is 258 g/mol. The fourth-order valence-electron chi connectivity index (χ4n) is 3.11. The first-order chi connectivity index (χ1) is 9.25. The summed E-state index contributed by atoms with van der Waals surface area (Å²) in [5.74, 6) is 1.07. The van der Waals surface area contributed by atoms with Crippen LogP contribution in [0.3, 0.4) is 0 Å². The number of furan rings is 1. The fourth-order valence-corrected chi connectivity index (χ4v) is 3.11. The quantitative estimate of drug-likeness (QED) is 0.910. The van der Waals surface area contributed by atoms with E-state index in [0.29, 0.717) is 6.04 Å². The molecule has 2 heterocycles. The van der Waals surface area contributed by atoms with E-state index >= 15 is 0 Å². The van der Waals surface area contributed by atoms with Crippen LogP contribution in [0.4, 0.5) is 0 Å². The zero-order valence-electron chi connectivity index (χ0n) is 11.5. The second-order valence-corrected chi connectivity index (χ2v) is 5.59. The molecule has 0 saturated heterocycles. The van der Waals surface area contributed by atoms with E-state index in [-0.39, 0.29) is 6.04 Å². The Morgan fingerprint density at radius 3 is 3.16 bits per heavy atom. The van der Waals surface area contributed by atoms with Gasteiger partial charge in [0.05, 0.1) is 6.26 Å². The largest absolute Gasteiger partial charge is 0.469 e. The van der Waals surface area contributed by atoms with Crippen molar-refractivity contribution in [3.63, 3.8) is 0 Å². The van der Waals surface area contributed by atoms with Gasteiger partial charge in [0.25, 0.3) is 0 Å². The molecule has 0 aliphatic heterocycles. The van der Waals surface area contributed by atoms with E-state index in [1.54, 1.807) is 6.26 Å². The summed E-state index contributed by atoms with van der Waals surface area (Å²) >= 11 is 0. The van der Waals surface area contributed by atoms with Crippen LogP contribution in [0.5, 0.6) is 0 Å². The molecule has 1 aliphatic carbocycles. The number of hydrogen-bond donors (Lipinski definition) is 1. The van der Waals surface area contributed by atoms with E-state index in [1.807, 2.05) is 12.1 Å². The summed E-state index contributed by atoms with van der Waals surface area (Å²) in [6.45, 7) is 2.28. The van der Waals surface area contributed by atoms with E-state index in [1.165, 1.54) is 24.1 Å². The first-order valence-electron chi connectivity index (χ1n) is 7.23. The zero-order valence-corrected chi connectivity index (χ0v) is 11.5. The van der Waals surface area contributed by atoms with E-state index in [4.69, 9.17) is 10.2 Å². The van der Waals surface area contributed by atoms with Crippen LogP contribution in [-0.4, -0.2) is 4.57 Å². The maximum atomic E-state index is 6.18. The highest BCUT2D eigenvalue weighted by Crippen LogP contribution is 2.31. The van der Waals surface area contributed by atoms with Crippen LogP contribution in [0.25, 0.3) is 0 Å². The highest BCUT2D eigenvalue weighted by atomic mass is 16.3. The molecule has 2 atom stereocenters. The van der Waals surface area contributed by atoms with Gasteiger partial charge in [0.2, 0.25) is 0 Å². The third-order valence-corrected chi connectivity index (χ3v) is 4.25. The van der Waals surface area contributed by atoms with Gasteiger partial charge in [0.15, 0.2) is 0 Å². The van der Waals surface area contributed by atoms with Crippen LogP contribution < -0.4 is 5.73 Å². The number of rotatable bonds is 4. The lowest BCUT2D eigenvalue weighted by atomic mass is 9.93. The van der Waals surface area contributed by atoms with Crippen molar-refractivity contribution in [2.75, 3.05) is 0 Å². The highest BCUT2D eigenvalue weighted by Gasteiger charge is 2.21. The summed E-state index contributed by atoms with van der Waals surface area (Å²) < 4.78 is 7.82. The number of hydrogen-bond acceptors (Lipinski definition) is 2. The molecule has 0 fully saturated rings. The maximum absolute atomic E-state index is 6.18. The number of aromatic nitrogens is 1. The summed E-state index contributed by atoms with van der Waals surface area (Å²) in [6.07, 6.45) is 9.55. The van der Waals surface area contributed by atoms with E-state index in [2.05, 4.69) is 23.8 Å². The Morgan fingerprint density at radius 2 is 2.37 bits per heavy atom. The van der Waals surface area contributed by atoms with Crippen LogP contribution in [-0.2, 0) is 12.8 Å². The lowest BCUT2D eigenvalue weighted by Crippen LogP contribution is -2.19. The molecule has 0 spiro atoms. The van der Waals surface area contributed by atoms with Crippen molar-refractivity contribution in [2.24, 2.45) is 5.73 Å². The van der Waals surface area contributed by atoms with Crippen molar-refractivity contribution in [1.29, 1.82) is 0 Å². The summed E-state index contributed by atoms with van der Waals surface area (Å²) in [4.78, 5) is 0. The molecule has 3 heteroatoms. The Labute approximate surface area is 114 Å². The molecule has 1 aliphatic rings. The number of nitrogens with two attached hydrogens (primary N) is 1. The standard InChI is InChI=1S/C16H22N2O/c1-12(7-8-13-4-3-11-19-13)18-10-9-14-15(17)5-2-6-16(14)18/h3-4,9-12,15H,2,5-8,17H2,1H3. The summed E-state index contributed by atoms with van der Waals surface area (Å²) in [6, 6.07) is 6.95. The third-order valence-electron chi connectivity index (χ3n) is 4.25. The van der Waals surface area contributed by atoms with Crippen molar-refractivity contribution in [3.05, 3.63) is 47.7 Å². The highest BCUT2D eigenvalue weighted by molar-refractivity contribution is 5.28. The number of nitrogens with zero attached hydrogens (tertiary/aromatic N) is 1. The average Bonchev–Trinajstić information content (AvgIpc) is 3.06. The second kappa shape index (κ2) is 5.25. The molecule has 0 saturated carbocycles. The summed E-state index contributed by atoms with van der Waals surface area (Å²) in [7, 11) is 0. The lowest BCUT2D eigenvalue weighted by molar-refractivity contribution is 0.437. The van der Waals surface area contributed by atoms with Crippen LogP contribution in [0.15, 0.2) is 35.1 Å². The summed E-state index contributed by atoms with van der Waals surface area (Å²) in [5.41, 5.74) is 8.99. The van der Waals surface area contributed by atoms with E-state index in [0.717, 1.165) is 25.0 Å². The molecule has 2 N–H and O–H groups in total. The van der Waals surface area contributed by atoms with Crippen molar-refractivity contribution in [2.45, 2.75) is 51.1 Å². The molecule has 2 aromatic rings. The van der Waals surface area contributed by atoms with Crippen molar-refractivity contribution < 1.29 is 4.42 Å². The van der Waals surface area contributed by atoms with Crippen LogP contribution in [0.2, 0.25) is 0 Å². The Morgan fingerprint density at radius 1 is 1.47 bits per heavy atom. The molecule has 0 radical (unpaired) electrons. The molecule has 2 aromatic heterocycles. The first-order valence-corrected chi connectivity index (χ1v) is 7.23. The van der Waals surface area contributed by atoms with Gasteiger partial charge in [-0.05, 0) is 56.4 Å². The normalized spacial score (nSPS) is 20.2. The van der Waals surface area contributed by atoms with E-state index in [9.17, 15) is 0 Å².